The van der Waals surface area contributed by atoms with Gasteiger partial charge in [-0.15, -0.1) is 5.10 Å². The van der Waals surface area contributed by atoms with Crippen LogP contribution in [0, 0.1) is 0 Å². The number of hydrogen-bond acceptors (Lipinski definition) is 5. The van der Waals surface area contributed by atoms with Crippen molar-refractivity contribution in [3.8, 4) is 0 Å². The number of aromatic nitrogens is 4. The number of fused-ring (bicyclic) bond motifs is 1. The first-order valence-electron chi connectivity index (χ1n) is 8.51. The quantitative estimate of drug-likeness (QED) is 0.710. The first kappa shape index (κ1) is 17.1. The van der Waals surface area contributed by atoms with Crippen LogP contribution in [0.1, 0.15) is 35.1 Å². The Morgan fingerprint density at radius 1 is 1.38 bits per heavy atom. The van der Waals surface area contributed by atoms with Crippen LogP contribution in [-0.2, 0) is 6.61 Å². The Morgan fingerprint density at radius 3 is 3.08 bits per heavy atom. The van der Waals surface area contributed by atoms with Gasteiger partial charge in [-0.05, 0) is 30.4 Å². The van der Waals surface area contributed by atoms with Crippen LogP contribution in [0.3, 0.4) is 0 Å². The molecule has 4 rings (SSSR count). The molecule has 1 aliphatic rings. The summed E-state index contributed by atoms with van der Waals surface area (Å²) in [5, 5.41) is 19.1. The average molecular weight is 416 g/mol. The highest BCUT2D eigenvalue weighted by atomic mass is 79.9. The normalized spacial score (nSPS) is 17.6. The smallest absolute Gasteiger partial charge is 0.272 e. The maximum atomic E-state index is 13.0. The fraction of sp³-hybridized carbons (Fsp3) is 0.333. The molecular formula is C18H18BrN5O2. The number of nitrogens with zero attached hydrogens (tertiary/aromatic N) is 5. The van der Waals surface area contributed by atoms with Gasteiger partial charge in [0.15, 0.2) is 0 Å². The van der Waals surface area contributed by atoms with Gasteiger partial charge in [0.05, 0.1) is 18.8 Å². The summed E-state index contributed by atoms with van der Waals surface area (Å²) >= 11 is 3.53. The van der Waals surface area contributed by atoms with Gasteiger partial charge in [0, 0.05) is 29.1 Å². The van der Waals surface area contributed by atoms with Gasteiger partial charge in [-0.2, -0.15) is 0 Å². The zero-order valence-corrected chi connectivity index (χ0v) is 15.6. The summed E-state index contributed by atoms with van der Waals surface area (Å²) in [4.78, 5) is 19.1. The van der Waals surface area contributed by atoms with Gasteiger partial charge < -0.3 is 10.0 Å². The molecule has 1 fully saturated rings. The third kappa shape index (κ3) is 3.22. The Kier molecular flexibility index (Phi) is 4.69. The zero-order chi connectivity index (χ0) is 18.1. The van der Waals surface area contributed by atoms with Crippen molar-refractivity contribution >= 4 is 32.6 Å². The van der Waals surface area contributed by atoms with Crippen molar-refractivity contribution in [2.24, 2.45) is 0 Å². The predicted molar refractivity (Wildman–Crippen MR) is 99.6 cm³/mol. The van der Waals surface area contributed by atoms with Crippen LogP contribution < -0.4 is 0 Å². The first-order valence-corrected chi connectivity index (χ1v) is 9.30. The van der Waals surface area contributed by atoms with Gasteiger partial charge in [-0.25, -0.2) is 4.68 Å². The monoisotopic (exact) mass is 415 g/mol. The molecule has 1 aliphatic heterocycles. The summed E-state index contributed by atoms with van der Waals surface area (Å²) in [6, 6.07) is 7.78. The molecule has 8 heteroatoms. The standard InChI is InChI=1S/C18H18BrN5O2/c19-16-5-1-3-12-8-20-17(7-15(12)16)18(26)23-6-2-4-14(10-23)24-9-13(11-25)21-22-24/h1,3,5,7-9,14,25H,2,4,6,10-11H2. The van der Waals surface area contributed by atoms with Crippen LogP contribution in [-0.4, -0.2) is 49.0 Å². The van der Waals surface area contributed by atoms with E-state index in [2.05, 4.69) is 31.2 Å². The molecule has 0 bridgehead atoms. The van der Waals surface area contributed by atoms with Crippen molar-refractivity contribution in [3.63, 3.8) is 0 Å². The average Bonchev–Trinajstić information content (AvgIpc) is 3.17. The number of halogens is 1. The number of aliphatic hydroxyl groups excluding tert-OH is 1. The maximum absolute atomic E-state index is 13.0. The molecule has 0 spiro atoms. The lowest BCUT2D eigenvalue weighted by Crippen LogP contribution is -2.41. The molecule has 134 valence electrons. The van der Waals surface area contributed by atoms with E-state index in [4.69, 9.17) is 5.11 Å². The van der Waals surface area contributed by atoms with E-state index in [9.17, 15) is 4.79 Å². The summed E-state index contributed by atoms with van der Waals surface area (Å²) < 4.78 is 2.69. The van der Waals surface area contributed by atoms with Crippen molar-refractivity contribution in [2.75, 3.05) is 13.1 Å². The van der Waals surface area contributed by atoms with Gasteiger partial charge in [-0.1, -0.05) is 33.3 Å². The summed E-state index contributed by atoms with van der Waals surface area (Å²) in [5.74, 6) is -0.0742. The predicted octanol–water partition coefficient (Wildman–Crippen LogP) is 2.56. The third-order valence-corrected chi connectivity index (χ3v) is 5.40. The number of pyridine rings is 1. The van der Waals surface area contributed by atoms with Crippen molar-refractivity contribution < 1.29 is 9.90 Å². The van der Waals surface area contributed by atoms with E-state index in [1.807, 2.05) is 29.2 Å². The Hall–Kier alpha value is -2.32. The molecule has 26 heavy (non-hydrogen) atoms. The van der Waals surface area contributed by atoms with Crippen LogP contribution in [0.5, 0.6) is 0 Å². The molecular weight excluding hydrogens is 398 g/mol. The summed E-state index contributed by atoms with van der Waals surface area (Å²) in [6.45, 7) is 1.13. The number of aliphatic hydroxyl groups is 1. The molecule has 1 unspecified atom stereocenters. The molecule has 0 saturated carbocycles. The molecule has 1 saturated heterocycles. The fourth-order valence-corrected chi connectivity index (χ4v) is 3.83. The number of benzene rings is 1. The first-order chi connectivity index (χ1) is 12.7. The second-order valence-corrected chi connectivity index (χ2v) is 7.28. The van der Waals surface area contributed by atoms with E-state index >= 15 is 0 Å². The van der Waals surface area contributed by atoms with E-state index in [1.54, 1.807) is 17.1 Å². The van der Waals surface area contributed by atoms with Gasteiger partial charge in [0.25, 0.3) is 5.91 Å². The van der Waals surface area contributed by atoms with Crippen molar-refractivity contribution in [1.29, 1.82) is 0 Å². The Morgan fingerprint density at radius 2 is 2.27 bits per heavy atom. The number of carbonyl (C=O) groups excluding carboxylic acids is 1. The summed E-state index contributed by atoms with van der Waals surface area (Å²) in [6.07, 6.45) is 5.29. The van der Waals surface area contributed by atoms with Gasteiger partial charge >= 0.3 is 0 Å². The third-order valence-electron chi connectivity index (χ3n) is 4.71. The minimum atomic E-state index is -0.134. The highest BCUT2D eigenvalue weighted by Crippen LogP contribution is 2.26. The number of hydrogen-bond donors (Lipinski definition) is 1. The largest absolute Gasteiger partial charge is 0.390 e. The molecule has 0 radical (unpaired) electrons. The summed E-state index contributed by atoms with van der Waals surface area (Å²) in [7, 11) is 0. The second kappa shape index (κ2) is 7.13. The number of amides is 1. The van der Waals surface area contributed by atoms with Gasteiger partial charge in [-0.3, -0.25) is 9.78 Å². The number of piperidine rings is 1. The lowest BCUT2D eigenvalue weighted by molar-refractivity contribution is 0.0666. The van der Waals surface area contributed by atoms with Crippen LogP contribution in [0.2, 0.25) is 0 Å². The summed E-state index contributed by atoms with van der Waals surface area (Å²) in [5.41, 5.74) is 0.981. The molecule has 1 amide bonds. The fourth-order valence-electron chi connectivity index (χ4n) is 3.33. The van der Waals surface area contributed by atoms with Crippen molar-refractivity contribution in [2.45, 2.75) is 25.5 Å². The number of carbonyl (C=O) groups is 1. The molecule has 1 aromatic carbocycles. The van der Waals surface area contributed by atoms with E-state index in [1.165, 1.54) is 0 Å². The number of likely N-dealkylation sites (tertiary alicyclic amines) is 1. The van der Waals surface area contributed by atoms with Crippen molar-refractivity contribution in [1.82, 2.24) is 24.9 Å². The van der Waals surface area contributed by atoms with Crippen LogP contribution in [0.25, 0.3) is 10.8 Å². The van der Waals surface area contributed by atoms with Gasteiger partial charge in [0.1, 0.15) is 11.4 Å². The molecule has 2 aromatic heterocycles. The minimum Gasteiger partial charge on any atom is -0.390 e. The Labute approximate surface area is 158 Å². The Bertz CT molecular complexity index is 958. The molecule has 7 nitrogen and oxygen atoms in total. The minimum absolute atomic E-state index is 0.0627. The van der Waals surface area contributed by atoms with E-state index in [0.29, 0.717) is 24.5 Å². The zero-order valence-electron chi connectivity index (χ0n) is 14.0. The maximum Gasteiger partial charge on any atom is 0.272 e. The Balaban J connectivity index is 1.56. The second-order valence-electron chi connectivity index (χ2n) is 6.43. The SMILES string of the molecule is O=C(c1cc2c(Br)cccc2cn1)N1CCCC(n2cc(CO)nn2)C1. The lowest BCUT2D eigenvalue weighted by Gasteiger charge is -2.32. The molecule has 1 N–H and O–H groups in total. The van der Waals surface area contributed by atoms with Crippen molar-refractivity contribution in [3.05, 3.63) is 52.5 Å². The van der Waals surface area contributed by atoms with Crippen LogP contribution in [0.15, 0.2) is 41.1 Å². The van der Waals surface area contributed by atoms with E-state index < -0.39 is 0 Å². The molecule has 1 atom stereocenters. The molecule has 3 aromatic rings. The highest BCUT2D eigenvalue weighted by Gasteiger charge is 2.27. The molecule has 0 aliphatic carbocycles. The van der Waals surface area contributed by atoms with E-state index in [0.717, 1.165) is 28.1 Å². The lowest BCUT2D eigenvalue weighted by atomic mass is 10.0. The highest BCUT2D eigenvalue weighted by molar-refractivity contribution is 9.10. The van der Waals surface area contributed by atoms with E-state index in [-0.39, 0.29) is 18.6 Å². The van der Waals surface area contributed by atoms with Gasteiger partial charge in [0.2, 0.25) is 0 Å². The van der Waals surface area contributed by atoms with Crippen LogP contribution in [0.4, 0.5) is 0 Å². The van der Waals surface area contributed by atoms with Crippen LogP contribution >= 0.6 is 15.9 Å². The molecule has 3 heterocycles. The number of rotatable bonds is 3. The topological polar surface area (TPSA) is 84.1 Å².